The van der Waals surface area contributed by atoms with E-state index >= 15 is 0 Å². The third-order valence-electron chi connectivity index (χ3n) is 0.834. The fourth-order valence-corrected chi connectivity index (χ4v) is 0.392. The standard InChI is InChI=1S/C7H14O3/c1-3-4-9-7-10-6-5-8-2/h3H,1,4-7H2,2H3. The Morgan fingerprint density at radius 3 is 2.70 bits per heavy atom. The van der Waals surface area contributed by atoms with Crippen LogP contribution in [0.3, 0.4) is 0 Å². The van der Waals surface area contributed by atoms with Crippen molar-refractivity contribution in [1.82, 2.24) is 0 Å². The molecule has 3 nitrogen and oxygen atoms in total. The summed E-state index contributed by atoms with van der Waals surface area (Å²) >= 11 is 0. The van der Waals surface area contributed by atoms with E-state index in [9.17, 15) is 0 Å². The molecule has 0 aliphatic rings. The van der Waals surface area contributed by atoms with Crippen LogP contribution in [-0.2, 0) is 14.2 Å². The minimum absolute atomic E-state index is 0.315. The minimum Gasteiger partial charge on any atom is -0.382 e. The summed E-state index contributed by atoms with van der Waals surface area (Å²) in [6, 6.07) is 0. The maximum absolute atomic E-state index is 4.98. The highest BCUT2D eigenvalue weighted by Gasteiger charge is 1.84. The molecule has 0 radical (unpaired) electrons. The van der Waals surface area contributed by atoms with Crippen LogP contribution in [0.25, 0.3) is 0 Å². The SMILES string of the molecule is C=CCOCOCCOC. The van der Waals surface area contributed by atoms with Crippen molar-refractivity contribution in [3.05, 3.63) is 12.7 Å². The van der Waals surface area contributed by atoms with Crippen molar-refractivity contribution in [3.63, 3.8) is 0 Å². The van der Waals surface area contributed by atoms with Crippen LogP contribution in [0.4, 0.5) is 0 Å². The number of hydrogen-bond donors (Lipinski definition) is 0. The van der Waals surface area contributed by atoms with E-state index in [1.165, 1.54) is 0 Å². The Hall–Kier alpha value is -0.380. The van der Waals surface area contributed by atoms with E-state index in [4.69, 9.17) is 14.2 Å². The molecule has 0 fully saturated rings. The zero-order valence-electron chi connectivity index (χ0n) is 6.34. The Morgan fingerprint density at radius 2 is 2.10 bits per heavy atom. The molecule has 0 unspecified atom stereocenters. The van der Waals surface area contributed by atoms with Gasteiger partial charge in [0.25, 0.3) is 0 Å². The molecule has 0 aromatic rings. The molecule has 0 N–H and O–H groups in total. The lowest BCUT2D eigenvalue weighted by molar-refractivity contribution is -0.0570. The van der Waals surface area contributed by atoms with Gasteiger partial charge in [-0.3, -0.25) is 0 Å². The van der Waals surface area contributed by atoms with Crippen LogP contribution in [0.1, 0.15) is 0 Å². The van der Waals surface area contributed by atoms with E-state index in [-0.39, 0.29) is 0 Å². The zero-order valence-corrected chi connectivity index (χ0v) is 6.34. The van der Waals surface area contributed by atoms with Gasteiger partial charge in [-0.05, 0) is 0 Å². The fourth-order valence-electron chi connectivity index (χ4n) is 0.392. The third-order valence-corrected chi connectivity index (χ3v) is 0.834. The first kappa shape index (κ1) is 9.62. The Kier molecular flexibility index (Phi) is 8.29. The zero-order chi connectivity index (χ0) is 7.66. The molecule has 10 heavy (non-hydrogen) atoms. The number of hydrogen-bond acceptors (Lipinski definition) is 3. The molecule has 0 saturated carbocycles. The van der Waals surface area contributed by atoms with Crippen LogP contribution in [0.5, 0.6) is 0 Å². The van der Waals surface area contributed by atoms with Crippen LogP contribution in [0, 0.1) is 0 Å². The summed E-state index contributed by atoms with van der Waals surface area (Å²) in [5.41, 5.74) is 0. The summed E-state index contributed by atoms with van der Waals surface area (Å²) in [6.45, 7) is 5.52. The second kappa shape index (κ2) is 8.62. The van der Waals surface area contributed by atoms with Crippen LogP contribution in [0.15, 0.2) is 12.7 Å². The maximum atomic E-state index is 4.98. The van der Waals surface area contributed by atoms with Gasteiger partial charge in [-0.15, -0.1) is 6.58 Å². The molecule has 0 amide bonds. The molecule has 0 saturated heterocycles. The molecule has 3 heteroatoms. The Bertz CT molecular complexity index is 73.3. The van der Waals surface area contributed by atoms with Gasteiger partial charge in [0.05, 0.1) is 19.8 Å². The lowest BCUT2D eigenvalue weighted by atomic mass is 10.7. The highest BCUT2D eigenvalue weighted by molar-refractivity contribution is 4.62. The first-order valence-corrected chi connectivity index (χ1v) is 3.17. The number of rotatable bonds is 7. The Labute approximate surface area is 61.6 Å². The first-order valence-electron chi connectivity index (χ1n) is 3.17. The second-order valence-corrected chi connectivity index (χ2v) is 1.68. The van der Waals surface area contributed by atoms with Crippen LogP contribution < -0.4 is 0 Å². The molecule has 0 bridgehead atoms. The summed E-state index contributed by atoms with van der Waals surface area (Å²) in [5.74, 6) is 0. The van der Waals surface area contributed by atoms with Gasteiger partial charge in [-0.25, -0.2) is 0 Å². The van der Waals surface area contributed by atoms with Gasteiger partial charge in [0.1, 0.15) is 6.79 Å². The van der Waals surface area contributed by atoms with Gasteiger partial charge in [-0.2, -0.15) is 0 Å². The summed E-state index contributed by atoms with van der Waals surface area (Å²) in [4.78, 5) is 0. The number of methoxy groups -OCH3 is 1. The van der Waals surface area contributed by atoms with Gasteiger partial charge in [0.15, 0.2) is 0 Å². The summed E-state index contributed by atoms with van der Waals surface area (Å²) < 4.78 is 14.7. The molecule has 0 aromatic heterocycles. The van der Waals surface area contributed by atoms with Crippen molar-refractivity contribution in [2.24, 2.45) is 0 Å². The average molecular weight is 146 g/mol. The number of ether oxygens (including phenoxy) is 3. The van der Waals surface area contributed by atoms with Gasteiger partial charge < -0.3 is 14.2 Å². The molecule has 0 atom stereocenters. The van der Waals surface area contributed by atoms with Crippen molar-refractivity contribution in [1.29, 1.82) is 0 Å². The average Bonchev–Trinajstić information content (AvgIpc) is 1.97. The van der Waals surface area contributed by atoms with Crippen molar-refractivity contribution >= 4 is 0 Å². The lowest BCUT2D eigenvalue weighted by Crippen LogP contribution is -2.05. The Balaban J connectivity index is 2.70. The molecular formula is C7H14O3. The van der Waals surface area contributed by atoms with E-state index < -0.39 is 0 Å². The highest BCUT2D eigenvalue weighted by atomic mass is 16.7. The molecule has 0 spiro atoms. The van der Waals surface area contributed by atoms with Crippen LogP contribution >= 0.6 is 0 Å². The monoisotopic (exact) mass is 146 g/mol. The molecule has 60 valence electrons. The van der Waals surface area contributed by atoms with Crippen LogP contribution in [-0.4, -0.2) is 33.7 Å². The van der Waals surface area contributed by atoms with E-state index in [1.54, 1.807) is 13.2 Å². The Morgan fingerprint density at radius 1 is 1.30 bits per heavy atom. The van der Waals surface area contributed by atoms with E-state index in [0.717, 1.165) is 0 Å². The highest BCUT2D eigenvalue weighted by Crippen LogP contribution is 1.78. The quantitative estimate of drug-likeness (QED) is 0.302. The largest absolute Gasteiger partial charge is 0.382 e. The van der Waals surface area contributed by atoms with E-state index in [2.05, 4.69) is 6.58 Å². The predicted molar refractivity (Wildman–Crippen MR) is 38.8 cm³/mol. The van der Waals surface area contributed by atoms with Crippen molar-refractivity contribution < 1.29 is 14.2 Å². The molecule has 0 heterocycles. The summed E-state index contributed by atoms with van der Waals surface area (Å²) in [5, 5.41) is 0. The fraction of sp³-hybridized carbons (Fsp3) is 0.714. The second-order valence-electron chi connectivity index (χ2n) is 1.68. The topological polar surface area (TPSA) is 27.7 Å². The minimum atomic E-state index is 0.315. The molecule has 0 rings (SSSR count). The maximum Gasteiger partial charge on any atom is 0.147 e. The van der Waals surface area contributed by atoms with Gasteiger partial charge in [-0.1, -0.05) is 6.08 Å². The first-order chi connectivity index (χ1) is 4.91. The third kappa shape index (κ3) is 7.62. The van der Waals surface area contributed by atoms with Crippen molar-refractivity contribution in [2.75, 3.05) is 33.7 Å². The van der Waals surface area contributed by atoms with E-state index in [0.29, 0.717) is 26.6 Å². The molecule has 0 aromatic carbocycles. The molecular weight excluding hydrogens is 132 g/mol. The van der Waals surface area contributed by atoms with Gasteiger partial charge in [0, 0.05) is 7.11 Å². The van der Waals surface area contributed by atoms with Gasteiger partial charge >= 0.3 is 0 Å². The van der Waals surface area contributed by atoms with Gasteiger partial charge in [0.2, 0.25) is 0 Å². The summed E-state index contributed by atoms with van der Waals surface area (Å²) in [6.07, 6.45) is 1.68. The lowest BCUT2D eigenvalue weighted by Gasteiger charge is -2.01. The normalized spacial score (nSPS) is 9.70. The molecule has 0 aliphatic heterocycles. The van der Waals surface area contributed by atoms with Crippen LogP contribution in [0.2, 0.25) is 0 Å². The summed E-state index contributed by atoms with van der Waals surface area (Å²) in [7, 11) is 1.63. The predicted octanol–water partition coefficient (Wildman–Crippen LogP) is 0.809. The van der Waals surface area contributed by atoms with E-state index in [1.807, 2.05) is 0 Å². The molecule has 0 aliphatic carbocycles. The van der Waals surface area contributed by atoms with Crippen molar-refractivity contribution in [3.8, 4) is 0 Å². The smallest absolute Gasteiger partial charge is 0.147 e. The van der Waals surface area contributed by atoms with Crippen molar-refractivity contribution in [2.45, 2.75) is 0 Å².